The van der Waals surface area contributed by atoms with Crippen LogP contribution < -0.4 is 10.2 Å². The predicted molar refractivity (Wildman–Crippen MR) is 122 cm³/mol. The summed E-state index contributed by atoms with van der Waals surface area (Å²) in [4.78, 5) is 40.4. The molecular weight excluding hydrogens is 422 g/mol. The highest BCUT2D eigenvalue weighted by atomic mass is 32.1. The van der Waals surface area contributed by atoms with E-state index in [2.05, 4.69) is 18.3 Å². The molecule has 158 valence electrons. The highest BCUT2D eigenvalue weighted by molar-refractivity contribution is 7.16. The van der Waals surface area contributed by atoms with Crippen LogP contribution in [0.5, 0.6) is 0 Å². The Morgan fingerprint density at radius 1 is 1.09 bits per heavy atom. The van der Waals surface area contributed by atoms with E-state index in [0.29, 0.717) is 38.9 Å². The van der Waals surface area contributed by atoms with E-state index in [4.69, 9.17) is 0 Å². The maximum atomic E-state index is 12.8. The highest BCUT2D eigenvalue weighted by Crippen LogP contribution is 2.39. The van der Waals surface area contributed by atoms with Crippen LogP contribution in [0.2, 0.25) is 0 Å². The van der Waals surface area contributed by atoms with Gasteiger partial charge in [0.15, 0.2) is 0 Å². The number of benzene rings is 2. The van der Waals surface area contributed by atoms with Crippen LogP contribution in [-0.2, 0) is 12.8 Å². The number of nitriles is 1. The second-order valence-electron chi connectivity index (χ2n) is 8.16. The molecule has 3 aromatic rings. The van der Waals surface area contributed by atoms with Gasteiger partial charge < -0.3 is 5.32 Å². The van der Waals surface area contributed by atoms with E-state index in [1.54, 1.807) is 48.5 Å². The third kappa shape index (κ3) is 3.20. The lowest BCUT2D eigenvalue weighted by Gasteiger charge is -2.17. The van der Waals surface area contributed by atoms with Crippen LogP contribution >= 0.6 is 11.3 Å². The molecule has 0 saturated heterocycles. The molecule has 5 rings (SSSR count). The minimum absolute atomic E-state index is 0.331. The number of nitrogens with one attached hydrogen (secondary N) is 1. The first kappa shape index (κ1) is 20.2. The summed E-state index contributed by atoms with van der Waals surface area (Å²) in [7, 11) is 0. The number of hydrogen-bond acceptors (Lipinski definition) is 5. The molecule has 32 heavy (non-hydrogen) atoms. The number of hydrogen-bond donors (Lipinski definition) is 1. The molecule has 0 bridgehead atoms. The van der Waals surface area contributed by atoms with Gasteiger partial charge in [-0.15, -0.1) is 11.3 Å². The Labute approximate surface area is 189 Å². The van der Waals surface area contributed by atoms with Gasteiger partial charge in [-0.25, -0.2) is 4.90 Å². The van der Waals surface area contributed by atoms with E-state index < -0.39 is 0 Å². The summed E-state index contributed by atoms with van der Waals surface area (Å²) >= 11 is 1.48. The molecule has 6 nitrogen and oxygen atoms in total. The van der Waals surface area contributed by atoms with Gasteiger partial charge >= 0.3 is 0 Å². The molecule has 1 aromatic heterocycles. The average molecular weight is 442 g/mol. The minimum atomic E-state index is -0.375. The van der Waals surface area contributed by atoms with Gasteiger partial charge in [0.05, 0.1) is 22.4 Å². The first-order valence-electron chi connectivity index (χ1n) is 10.4. The SMILES string of the molecule is CC1CCc2c(sc(NC(=O)c3ccc(N4C(=O)c5ccccc5C4=O)cc3)c2C#N)C1. The Balaban J connectivity index is 1.37. The Kier molecular flexibility index (Phi) is 4.87. The molecule has 2 aliphatic rings. The number of anilines is 2. The van der Waals surface area contributed by atoms with Gasteiger partial charge in [0.2, 0.25) is 0 Å². The zero-order valence-corrected chi connectivity index (χ0v) is 18.2. The quantitative estimate of drug-likeness (QED) is 0.591. The molecule has 2 heterocycles. The number of rotatable bonds is 3. The molecule has 7 heteroatoms. The number of amides is 3. The molecular formula is C25H19N3O3S. The topological polar surface area (TPSA) is 90.3 Å². The second-order valence-corrected chi connectivity index (χ2v) is 9.27. The Bertz CT molecular complexity index is 1280. The van der Waals surface area contributed by atoms with Gasteiger partial charge in [0.1, 0.15) is 11.1 Å². The van der Waals surface area contributed by atoms with E-state index in [-0.39, 0.29) is 17.7 Å². The summed E-state index contributed by atoms with van der Waals surface area (Å²) in [6.07, 6.45) is 2.84. The largest absolute Gasteiger partial charge is 0.312 e. The molecule has 1 atom stereocenters. The van der Waals surface area contributed by atoms with Crippen molar-refractivity contribution in [3.63, 3.8) is 0 Å². The van der Waals surface area contributed by atoms with E-state index >= 15 is 0 Å². The van der Waals surface area contributed by atoms with Gasteiger partial charge in [-0.3, -0.25) is 14.4 Å². The van der Waals surface area contributed by atoms with Crippen molar-refractivity contribution < 1.29 is 14.4 Å². The number of imide groups is 1. The maximum Gasteiger partial charge on any atom is 0.266 e. The molecule has 3 amide bonds. The molecule has 0 saturated carbocycles. The monoisotopic (exact) mass is 441 g/mol. The molecule has 0 spiro atoms. The molecule has 1 N–H and O–H groups in total. The predicted octanol–water partition coefficient (Wildman–Crippen LogP) is 4.80. The zero-order chi connectivity index (χ0) is 22.4. The smallest absolute Gasteiger partial charge is 0.266 e. The average Bonchev–Trinajstić information content (AvgIpc) is 3.27. The molecule has 0 radical (unpaired) electrons. The third-order valence-electron chi connectivity index (χ3n) is 6.03. The van der Waals surface area contributed by atoms with Crippen molar-refractivity contribution in [3.05, 3.63) is 81.2 Å². The molecule has 0 fully saturated rings. The number of thiophene rings is 1. The number of carbonyl (C=O) groups is 3. The lowest BCUT2D eigenvalue weighted by Crippen LogP contribution is -2.29. The van der Waals surface area contributed by atoms with Crippen LogP contribution in [0.4, 0.5) is 10.7 Å². The van der Waals surface area contributed by atoms with E-state index in [0.717, 1.165) is 29.7 Å². The fourth-order valence-corrected chi connectivity index (χ4v) is 5.67. The number of nitrogens with zero attached hydrogens (tertiary/aromatic N) is 2. The minimum Gasteiger partial charge on any atom is -0.312 e. The van der Waals surface area contributed by atoms with Crippen molar-refractivity contribution in [2.75, 3.05) is 10.2 Å². The Morgan fingerprint density at radius 2 is 1.75 bits per heavy atom. The van der Waals surface area contributed by atoms with Crippen molar-refractivity contribution in [2.24, 2.45) is 5.92 Å². The van der Waals surface area contributed by atoms with Crippen molar-refractivity contribution in [3.8, 4) is 6.07 Å². The van der Waals surface area contributed by atoms with Gasteiger partial charge in [0, 0.05) is 10.4 Å². The summed E-state index contributed by atoms with van der Waals surface area (Å²) in [6, 6.07) is 15.3. The summed E-state index contributed by atoms with van der Waals surface area (Å²) in [5.41, 5.74) is 3.17. The molecule has 1 unspecified atom stereocenters. The summed E-state index contributed by atoms with van der Waals surface area (Å²) in [5, 5.41) is 13.1. The van der Waals surface area contributed by atoms with Crippen molar-refractivity contribution in [1.29, 1.82) is 5.26 Å². The summed E-state index contributed by atoms with van der Waals surface area (Å²) < 4.78 is 0. The Hall–Kier alpha value is -3.76. The first-order chi connectivity index (χ1) is 15.5. The zero-order valence-electron chi connectivity index (χ0n) is 17.3. The van der Waals surface area contributed by atoms with Crippen LogP contribution in [0.25, 0.3) is 0 Å². The van der Waals surface area contributed by atoms with Crippen LogP contribution in [-0.4, -0.2) is 17.7 Å². The maximum absolute atomic E-state index is 12.8. The van der Waals surface area contributed by atoms with Gasteiger partial charge in [-0.1, -0.05) is 19.1 Å². The van der Waals surface area contributed by atoms with Crippen LogP contribution in [0.15, 0.2) is 48.5 Å². The van der Waals surface area contributed by atoms with Gasteiger partial charge in [-0.05, 0) is 67.1 Å². The van der Waals surface area contributed by atoms with E-state index in [1.807, 2.05) is 0 Å². The second kappa shape index (κ2) is 7.74. The van der Waals surface area contributed by atoms with Gasteiger partial charge in [0.25, 0.3) is 17.7 Å². The standard InChI is InChI=1S/C25H19N3O3S/c1-14-6-11-17-20(13-26)23(32-21(17)12-14)27-22(29)15-7-9-16(10-8-15)28-24(30)18-4-2-3-5-19(18)25(28)31/h2-5,7-10,14H,6,11-12H2,1H3,(H,27,29). The van der Waals surface area contributed by atoms with Crippen molar-refractivity contribution in [2.45, 2.75) is 26.2 Å². The highest BCUT2D eigenvalue weighted by Gasteiger charge is 2.36. The normalized spacial score (nSPS) is 17.0. The fraction of sp³-hybridized carbons (Fsp3) is 0.200. The van der Waals surface area contributed by atoms with Crippen LogP contribution in [0, 0.1) is 17.2 Å². The number of carbonyl (C=O) groups excluding carboxylic acids is 3. The number of fused-ring (bicyclic) bond motifs is 2. The van der Waals surface area contributed by atoms with Gasteiger partial charge in [-0.2, -0.15) is 5.26 Å². The van der Waals surface area contributed by atoms with Crippen LogP contribution in [0.3, 0.4) is 0 Å². The molecule has 1 aliphatic carbocycles. The van der Waals surface area contributed by atoms with E-state index in [1.165, 1.54) is 16.2 Å². The lowest BCUT2D eigenvalue weighted by atomic mass is 9.88. The summed E-state index contributed by atoms with van der Waals surface area (Å²) in [6.45, 7) is 2.20. The third-order valence-corrected chi connectivity index (χ3v) is 7.20. The fourth-order valence-electron chi connectivity index (χ4n) is 4.32. The lowest BCUT2D eigenvalue weighted by molar-refractivity contribution is 0.0925. The first-order valence-corrected chi connectivity index (χ1v) is 11.2. The van der Waals surface area contributed by atoms with Crippen LogP contribution in [0.1, 0.15) is 60.4 Å². The molecule has 2 aromatic carbocycles. The van der Waals surface area contributed by atoms with Crippen molar-refractivity contribution in [1.82, 2.24) is 0 Å². The molecule has 1 aliphatic heterocycles. The Morgan fingerprint density at radius 3 is 2.38 bits per heavy atom. The van der Waals surface area contributed by atoms with Crippen molar-refractivity contribution >= 4 is 39.7 Å². The van der Waals surface area contributed by atoms with E-state index in [9.17, 15) is 19.6 Å². The summed E-state index contributed by atoms with van der Waals surface area (Å²) in [5.74, 6) is -0.507.